The molecular weight excluding hydrogens is 214 g/mol. The van der Waals surface area contributed by atoms with Crippen LogP contribution in [0.5, 0.6) is 0 Å². The number of piperidine rings is 1. The Morgan fingerprint density at radius 1 is 1.18 bits per heavy atom. The first-order chi connectivity index (χ1) is 7.90. The van der Waals surface area contributed by atoms with E-state index in [0.717, 1.165) is 19.5 Å². The Kier molecular flexibility index (Phi) is 5.40. The van der Waals surface area contributed by atoms with Crippen LogP contribution in [0.2, 0.25) is 0 Å². The number of rotatable bonds is 4. The van der Waals surface area contributed by atoms with E-state index in [9.17, 15) is 4.79 Å². The molecule has 1 amide bonds. The predicted octanol–water partition coefficient (Wildman–Crippen LogP) is 0.783. The standard InChI is InChI=1S/C13H27N3O/c1-10-8-11(2)14-12(9-10)13(17)16(5)7-6-15(3)4/h10-12,14H,6-9H2,1-5H3. The van der Waals surface area contributed by atoms with Gasteiger partial charge >= 0.3 is 0 Å². The molecule has 100 valence electrons. The van der Waals surface area contributed by atoms with Gasteiger partial charge in [0, 0.05) is 26.2 Å². The summed E-state index contributed by atoms with van der Waals surface area (Å²) in [7, 11) is 5.96. The van der Waals surface area contributed by atoms with E-state index in [-0.39, 0.29) is 11.9 Å². The normalized spacial score (nSPS) is 29.4. The molecule has 0 aliphatic carbocycles. The molecule has 0 saturated carbocycles. The summed E-state index contributed by atoms with van der Waals surface area (Å²) in [5, 5.41) is 3.41. The van der Waals surface area contributed by atoms with Gasteiger partial charge in [0.05, 0.1) is 6.04 Å². The Labute approximate surface area is 105 Å². The first kappa shape index (κ1) is 14.5. The van der Waals surface area contributed by atoms with Crippen LogP contribution in [-0.4, -0.2) is 62.0 Å². The molecule has 1 fully saturated rings. The predicted molar refractivity (Wildman–Crippen MR) is 71.0 cm³/mol. The molecule has 0 aromatic heterocycles. The molecule has 17 heavy (non-hydrogen) atoms. The molecule has 1 saturated heterocycles. The Bertz CT molecular complexity index is 245. The third-order valence-electron chi connectivity index (χ3n) is 3.44. The Morgan fingerprint density at radius 3 is 2.35 bits per heavy atom. The van der Waals surface area contributed by atoms with Crippen molar-refractivity contribution in [2.45, 2.75) is 38.8 Å². The van der Waals surface area contributed by atoms with E-state index in [1.807, 2.05) is 26.0 Å². The average Bonchev–Trinajstić information content (AvgIpc) is 2.23. The van der Waals surface area contributed by atoms with Crippen LogP contribution < -0.4 is 5.32 Å². The average molecular weight is 241 g/mol. The Morgan fingerprint density at radius 2 is 1.82 bits per heavy atom. The van der Waals surface area contributed by atoms with Gasteiger partial charge in [-0.05, 0) is 39.8 Å². The number of carbonyl (C=O) groups is 1. The van der Waals surface area contributed by atoms with Gasteiger partial charge in [-0.1, -0.05) is 6.92 Å². The maximum atomic E-state index is 12.2. The molecule has 0 aromatic carbocycles. The second-order valence-electron chi connectivity index (χ2n) is 5.76. The minimum absolute atomic E-state index is 0.0147. The van der Waals surface area contributed by atoms with Crippen molar-refractivity contribution >= 4 is 5.91 Å². The molecule has 0 radical (unpaired) electrons. The molecule has 1 rings (SSSR count). The van der Waals surface area contributed by atoms with Crippen molar-refractivity contribution in [3.63, 3.8) is 0 Å². The van der Waals surface area contributed by atoms with Gasteiger partial charge in [0.25, 0.3) is 0 Å². The fourth-order valence-electron chi connectivity index (χ4n) is 2.48. The summed E-state index contributed by atoms with van der Waals surface area (Å²) in [6, 6.07) is 0.468. The number of nitrogens with one attached hydrogen (secondary N) is 1. The van der Waals surface area contributed by atoms with Gasteiger partial charge in [-0.15, -0.1) is 0 Å². The third-order valence-corrected chi connectivity index (χ3v) is 3.44. The summed E-state index contributed by atoms with van der Waals surface area (Å²) < 4.78 is 0. The Hall–Kier alpha value is -0.610. The molecule has 1 aliphatic rings. The number of nitrogens with zero attached hydrogens (tertiary/aromatic N) is 2. The van der Waals surface area contributed by atoms with Crippen molar-refractivity contribution in [1.29, 1.82) is 0 Å². The highest BCUT2D eigenvalue weighted by molar-refractivity contribution is 5.81. The first-order valence-electron chi connectivity index (χ1n) is 6.56. The van der Waals surface area contributed by atoms with E-state index in [2.05, 4.69) is 24.1 Å². The van der Waals surface area contributed by atoms with Crippen molar-refractivity contribution < 1.29 is 4.79 Å². The molecule has 4 nitrogen and oxygen atoms in total. The molecular formula is C13H27N3O. The summed E-state index contributed by atoms with van der Waals surface area (Å²) in [4.78, 5) is 16.2. The maximum absolute atomic E-state index is 12.2. The topological polar surface area (TPSA) is 35.6 Å². The second kappa shape index (κ2) is 6.36. The van der Waals surface area contributed by atoms with Gasteiger partial charge in [-0.3, -0.25) is 4.79 Å². The molecule has 0 aromatic rings. The summed E-state index contributed by atoms with van der Waals surface area (Å²) in [5.74, 6) is 0.882. The fraction of sp³-hybridized carbons (Fsp3) is 0.923. The largest absolute Gasteiger partial charge is 0.343 e. The third kappa shape index (κ3) is 4.64. The van der Waals surface area contributed by atoms with Crippen LogP contribution >= 0.6 is 0 Å². The zero-order chi connectivity index (χ0) is 13.0. The van der Waals surface area contributed by atoms with Crippen LogP contribution in [-0.2, 0) is 4.79 Å². The maximum Gasteiger partial charge on any atom is 0.239 e. The summed E-state index contributed by atoms with van der Waals surface area (Å²) in [6.45, 7) is 6.11. The minimum atomic E-state index is 0.0147. The number of carbonyl (C=O) groups excluding carboxylic acids is 1. The molecule has 1 aliphatic heterocycles. The lowest BCUT2D eigenvalue weighted by atomic mass is 9.89. The number of likely N-dealkylation sites (N-methyl/N-ethyl adjacent to an activating group) is 2. The first-order valence-corrected chi connectivity index (χ1v) is 6.56. The van der Waals surface area contributed by atoms with Crippen LogP contribution in [0.4, 0.5) is 0 Å². The monoisotopic (exact) mass is 241 g/mol. The summed E-state index contributed by atoms with van der Waals surface area (Å²) in [6.07, 6.45) is 2.14. The van der Waals surface area contributed by atoms with E-state index in [0.29, 0.717) is 12.0 Å². The van der Waals surface area contributed by atoms with Gasteiger partial charge in [0.1, 0.15) is 0 Å². The molecule has 4 heteroatoms. The van der Waals surface area contributed by atoms with Crippen molar-refractivity contribution in [2.75, 3.05) is 34.2 Å². The van der Waals surface area contributed by atoms with Crippen molar-refractivity contribution in [3.05, 3.63) is 0 Å². The molecule has 1 heterocycles. The number of hydrogen-bond donors (Lipinski definition) is 1. The smallest absolute Gasteiger partial charge is 0.239 e. The molecule has 1 N–H and O–H groups in total. The van der Waals surface area contributed by atoms with Gasteiger partial charge in [-0.25, -0.2) is 0 Å². The lowest BCUT2D eigenvalue weighted by molar-refractivity contribution is -0.133. The molecule has 0 spiro atoms. The van der Waals surface area contributed by atoms with Gasteiger partial charge in [0.15, 0.2) is 0 Å². The number of amides is 1. The highest BCUT2D eigenvalue weighted by Crippen LogP contribution is 2.20. The second-order valence-corrected chi connectivity index (χ2v) is 5.76. The van der Waals surface area contributed by atoms with E-state index in [1.165, 1.54) is 6.42 Å². The van der Waals surface area contributed by atoms with Crippen molar-refractivity contribution in [2.24, 2.45) is 5.92 Å². The van der Waals surface area contributed by atoms with E-state index >= 15 is 0 Å². The summed E-state index contributed by atoms with van der Waals surface area (Å²) in [5.41, 5.74) is 0. The van der Waals surface area contributed by atoms with Crippen LogP contribution in [0.25, 0.3) is 0 Å². The minimum Gasteiger partial charge on any atom is -0.343 e. The lowest BCUT2D eigenvalue weighted by Gasteiger charge is -2.34. The van der Waals surface area contributed by atoms with Gasteiger partial charge in [0.2, 0.25) is 5.91 Å². The quantitative estimate of drug-likeness (QED) is 0.790. The number of hydrogen-bond acceptors (Lipinski definition) is 3. The highest BCUT2D eigenvalue weighted by atomic mass is 16.2. The summed E-state index contributed by atoms with van der Waals surface area (Å²) >= 11 is 0. The van der Waals surface area contributed by atoms with Crippen LogP contribution in [0.15, 0.2) is 0 Å². The molecule has 0 bridgehead atoms. The lowest BCUT2D eigenvalue weighted by Crippen LogP contribution is -2.53. The highest BCUT2D eigenvalue weighted by Gasteiger charge is 2.29. The van der Waals surface area contributed by atoms with E-state index in [4.69, 9.17) is 0 Å². The zero-order valence-corrected chi connectivity index (χ0v) is 11.9. The zero-order valence-electron chi connectivity index (χ0n) is 11.9. The fourth-order valence-corrected chi connectivity index (χ4v) is 2.48. The van der Waals surface area contributed by atoms with E-state index < -0.39 is 0 Å². The van der Waals surface area contributed by atoms with E-state index in [1.54, 1.807) is 0 Å². The van der Waals surface area contributed by atoms with Crippen LogP contribution in [0, 0.1) is 5.92 Å². The SMILES string of the molecule is CC1CC(C)NC(C(=O)N(C)CCN(C)C)C1. The molecule has 3 unspecified atom stereocenters. The molecule has 3 atom stereocenters. The van der Waals surface area contributed by atoms with Gasteiger partial charge < -0.3 is 15.1 Å². The van der Waals surface area contributed by atoms with Gasteiger partial charge in [-0.2, -0.15) is 0 Å². The van der Waals surface area contributed by atoms with Crippen LogP contribution in [0.1, 0.15) is 26.7 Å². The van der Waals surface area contributed by atoms with Crippen molar-refractivity contribution in [1.82, 2.24) is 15.1 Å². The Balaban J connectivity index is 2.45. The van der Waals surface area contributed by atoms with Crippen molar-refractivity contribution in [3.8, 4) is 0 Å². The van der Waals surface area contributed by atoms with Crippen LogP contribution in [0.3, 0.4) is 0 Å².